The molecule has 1 aromatic heterocycles. The van der Waals surface area contributed by atoms with E-state index in [1.165, 1.54) is 6.07 Å². The Kier molecular flexibility index (Phi) is 5.47. The second-order valence-corrected chi connectivity index (χ2v) is 5.30. The molecule has 7 heteroatoms. The normalized spacial score (nSPS) is 10.3. The number of benzene rings is 1. The van der Waals surface area contributed by atoms with Gasteiger partial charge in [-0.1, -0.05) is 17.7 Å². The zero-order chi connectivity index (χ0) is 17.7. The third-order valence-corrected chi connectivity index (χ3v) is 3.22. The SMILES string of the molecule is CCOC(=O)c1cc(C)nn(CC(=O)Nc2ccc(C)cc2)c1=O. The largest absolute Gasteiger partial charge is 0.462 e. The van der Waals surface area contributed by atoms with E-state index >= 15 is 0 Å². The minimum atomic E-state index is -0.722. The molecule has 2 aromatic rings. The van der Waals surface area contributed by atoms with Gasteiger partial charge in [-0.05, 0) is 39.0 Å². The molecule has 24 heavy (non-hydrogen) atoms. The highest BCUT2D eigenvalue weighted by molar-refractivity contribution is 5.91. The number of carbonyl (C=O) groups excluding carboxylic acids is 2. The maximum absolute atomic E-state index is 12.3. The zero-order valence-electron chi connectivity index (χ0n) is 13.8. The number of nitrogens with zero attached hydrogens (tertiary/aromatic N) is 2. The number of hydrogen-bond acceptors (Lipinski definition) is 5. The van der Waals surface area contributed by atoms with Gasteiger partial charge in [0.1, 0.15) is 12.1 Å². The summed E-state index contributed by atoms with van der Waals surface area (Å²) < 4.78 is 5.81. The number of hydrogen-bond donors (Lipinski definition) is 1. The van der Waals surface area contributed by atoms with E-state index in [1.807, 2.05) is 19.1 Å². The molecule has 2 rings (SSSR count). The Morgan fingerprint density at radius 1 is 1.21 bits per heavy atom. The molecular weight excluding hydrogens is 310 g/mol. The topological polar surface area (TPSA) is 90.3 Å². The van der Waals surface area contributed by atoms with E-state index in [0.29, 0.717) is 11.4 Å². The number of nitrogens with one attached hydrogen (secondary N) is 1. The summed E-state index contributed by atoms with van der Waals surface area (Å²) in [5, 5.41) is 6.69. The smallest absolute Gasteiger partial charge is 0.343 e. The molecule has 1 amide bonds. The molecule has 0 bridgehead atoms. The second kappa shape index (κ2) is 7.54. The van der Waals surface area contributed by atoms with Crippen LogP contribution in [0.5, 0.6) is 0 Å². The van der Waals surface area contributed by atoms with Crippen LogP contribution >= 0.6 is 0 Å². The molecule has 0 spiro atoms. The van der Waals surface area contributed by atoms with Crippen LogP contribution in [0.1, 0.15) is 28.5 Å². The van der Waals surface area contributed by atoms with Gasteiger partial charge in [-0.15, -0.1) is 0 Å². The lowest BCUT2D eigenvalue weighted by Crippen LogP contribution is -2.34. The monoisotopic (exact) mass is 329 g/mol. The first-order valence-corrected chi connectivity index (χ1v) is 7.53. The molecule has 7 nitrogen and oxygen atoms in total. The van der Waals surface area contributed by atoms with Gasteiger partial charge < -0.3 is 10.1 Å². The number of rotatable bonds is 5. The Morgan fingerprint density at radius 3 is 2.50 bits per heavy atom. The molecule has 0 unspecified atom stereocenters. The third-order valence-electron chi connectivity index (χ3n) is 3.22. The average Bonchev–Trinajstić information content (AvgIpc) is 2.53. The number of carbonyl (C=O) groups is 2. The Balaban J connectivity index is 2.19. The van der Waals surface area contributed by atoms with Gasteiger partial charge in [-0.2, -0.15) is 5.10 Å². The Hall–Kier alpha value is -2.96. The van der Waals surface area contributed by atoms with Gasteiger partial charge in [0.2, 0.25) is 5.91 Å². The fraction of sp³-hybridized carbons (Fsp3) is 0.294. The molecule has 0 aliphatic rings. The van der Waals surface area contributed by atoms with E-state index in [2.05, 4.69) is 10.4 Å². The van der Waals surface area contributed by atoms with Crippen molar-refractivity contribution in [3.63, 3.8) is 0 Å². The van der Waals surface area contributed by atoms with Gasteiger partial charge >= 0.3 is 5.97 Å². The van der Waals surface area contributed by atoms with E-state index < -0.39 is 17.4 Å². The summed E-state index contributed by atoms with van der Waals surface area (Å²) in [5.41, 5.74) is 1.35. The maximum Gasteiger partial charge on any atom is 0.343 e. The van der Waals surface area contributed by atoms with Crippen LogP contribution in [0.3, 0.4) is 0 Å². The molecule has 0 aliphatic heterocycles. The van der Waals surface area contributed by atoms with Crippen LogP contribution in [0.15, 0.2) is 35.1 Å². The molecule has 0 saturated carbocycles. The highest BCUT2D eigenvalue weighted by atomic mass is 16.5. The highest BCUT2D eigenvalue weighted by Crippen LogP contribution is 2.08. The maximum atomic E-state index is 12.3. The second-order valence-electron chi connectivity index (χ2n) is 5.30. The van der Waals surface area contributed by atoms with Crippen molar-refractivity contribution in [3.05, 3.63) is 57.5 Å². The van der Waals surface area contributed by atoms with E-state index in [-0.39, 0.29) is 18.7 Å². The van der Waals surface area contributed by atoms with E-state index in [0.717, 1.165) is 10.2 Å². The predicted molar refractivity (Wildman–Crippen MR) is 89.0 cm³/mol. The van der Waals surface area contributed by atoms with E-state index in [1.54, 1.807) is 26.0 Å². The quantitative estimate of drug-likeness (QED) is 0.843. The first-order chi connectivity index (χ1) is 11.4. The van der Waals surface area contributed by atoms with Gasteiger partial charge in [-0.25, -0.2) is 9.48 Å². The minimum Gasteiger partial charge on any atom is -0.462 e. The Labute approximate surface area is 139 Å². The van der Waals surface area contributed by atoms with Crippen LogP contribution in [0.4, 0.5) is 5.69 Å². The van der Waals surface area contributed by atoms with Gasteiger partial charge in [0.25, 0.3) is 5.56 Å². The molecule has 0 atom stereocenters. The number of aryl methyl sites for hydroxylation is 2. The van der Waals surface area contributed by atoms with Gasteiger partial charge in [-0.3, -0.25) is 9.59 Å². The van der Waals surface area contributed by atoms with Crippen LogP contribution in [0, 0.1) is 13.8 Å². The average molecular weight is 329 g/mol. The lowest BCUT2D eigenvalue weighted by Gasteiger charge is -2.09. The summed E-state index contributed by atoms with van der Waals surface area (Å²) in [6.45, 7) is 5.10. The third kappa shape index (κ3) is 4.28. The van der Waals surface area contributed by atoms with Crippen LogP contribution in [-0.2, 0) is 16.1 Å². The van der Waals surface area contributed by atoms with Gasteiger partial charge in [0.15, 0.2) is 0 Å². The van der Waals surface area contributed by atoms with Crippen molar-refractivity contribution < 1.29 is 14.3 Å². The number of esters is 1. The molecule has 0 saturated heterocycles. The summed E-state index contributed by atoms with van der Waals surface area (Å²) in [7, 11) is 0. The molecular formula is C17H19N3O4. The fourth-order valence-corrected chi connectivity index (χ4v) is 2.11. The van der Waals surface area contributed by atoms with Crippen molar-refractivity contribution >= 4 is 17.6 Å². The zero-order valence-corrected chi connectivity index (χ0v) is 13.8. The molecule has 1 aromatic carbocycles. The summed E-state index contributed by atoms with van der Waals surface area (Å²) in [5.74, 6) is -1.13. The molecule has 0 fully saturated rings. The highest BCUT2D eigenvalue weighted by Gasteiger charge is 2.17. The number of aromatic nitrogens is 2. The lowest BCUT2D eigenvalue weighted by atomic mass is 10.2. The summed E-state index contributed by atoms with van der Waals surface area (Å²) in [6, 6.07) is 8.62. The number of ether oxygens (including phenoxy) is 1. The first-order valence-electron chi connectivity index (χ1n) is 7.53. The fourth-order valence-electron chi connectivity index (χ4n) is 2.11. The molecule has 0 radical (unpaired) electrons. The Bertz CT molecular complexity index is 810. The van der Waals surface area contributed by atoms with Crippen molar-refractivity contribution in [2.24, 2.45) is 0 Å². The summed E-state index contributed by atoms with van der Waals surface area (Å²) in [4.78, 5) is 36.2. The van der Waals surface area contributed by atoms with Crippen molar-refractivity contribution in [2.45, 2.75) is 27.3 Å². The van der Waals surface area contributed by atoms with Crippen LogP contribution in [-0.4, -0.2) is 28.3 Å². The van der Waals surface area contributed by atoms with Gasteiger partial charge in [0, 0.05) is 5.69 Å². The van der Waals surface area contributed by atoms with Gasteiger partial charge in [0.05, 0.1) is 12.3 Å². The van der Waals surface area contributed by atoms with Crippen molar-refractivity contribution in [1.82, 2.24) is 9.78 Å². The van der Waals surface area contributed by atoms with E-state index in [4.69, 9.17) is 4.74 Å². The van der Waals surface area contributed by atoms with Crippen molar-refractivity contribution in [3.8, 4) is 0 Å². The molecule has 126 valence electrons. The summed E-state index contributed by atoms with van der Waals surface area (Å²) in [6.07, 6.45) is 0. The molecule has 1 heterocycles. The standard InChI is InChI=1S/C17H19N3O4/c1-4-24-17(23)14-9-12(3)19-20(16(14)22)10-15(21)18-13-7-5-11(2)6-8-13/h5-9H,4,10H2,1-3H3,(H,18,21). The van der Waals surface area contributed by atoms with Crippen LogP contribution in [0.25, 0.3) is 0 Å². The number of anilines is 1. The first kappa shape index (κ1) is 17.4. The van der Waals surface area contributed by atoms with Crippen molar-refractivity contribution in [1.29, 1.82) is 0 Å². The summed E-state index contributed by atoms with van der Waals surface area (Å²) >= 11 is 0. The van der Waals surface area contributed by atoms with E-state index in [9.17, 15) is 14.4 Å². The minimum absolute atomic E-state index is 0.132. The Morgan fingerprint density at radius 2 is 1.88 bits per heavy atom. The number of amides is 1. The molecule has 1 N–H and O–H groups in total. The van der Waals surface area contributed by atoms with Crippen LogP contribution < -0.4 is 10.9 Å². The predicted octanol–water partition coefficient (Wildman–Crippen LogP) is 1.68. The lowest BCUT2D eigenvalue weighted by molar-refractivity contribution is -0.117. The van der Waals surface area contributed by atoms with Crippen molar-refractivity contribution in [2.75, 3.05) is 11.9 Å². The van der Waals surface area contributed by atoms with Crippen LogP contribution in [0.2, 0.25) is 0 Å². The molecule has 0 aliphatic carbocycles.